The highest BCUT2D eigenvalue weighted by atomic mass is 32.2. The molecule has 1 aromatic carbocycles. The summed E-state index contributed by atoms with van der Waals surface area (Å²) in [5.41, 5.74) is 0.895. The van der Waals surface area contributed by atoms with Crippen LogP contribution in [-0.4, -0.2) is 70.2 Å². The standard InChI is InChI=1S/C21H28O11S/c1-12-6-8-17(9-7-12)33(25,26)28-11-10-27-21-20(32-16(5)24)19(31-15(4)23)18(13(2)29-21)30-14(3)22/h6-9,13,18-21H,10-11H2,1-5H3. The number of hydrogen-bond donors (Lipinski definition) is 0. The Balaban J connectivity index is 2.09. The maximum Gasteiger partial charge on any atom is 0.303 e. The van der Waals surface area contributed by atoms with Gasteiger partial charge in [-0.2, -0.15) is 8.42 Å². The average Bonchev–Trinajstić information content (AvgIpc) is 2.70. The quantitative estimate of drug-likeness (QED) is 0.215. The number of ether oxygens (including phenoxy) is 5. The first kappa shape index (κ1) is 26.7. The van der Waals surface area contributed by atoms with Gasteiger partial charge in [0.05, 0.1) is 24.2 Å². The Hall–Kier alpha value is -2.54. The molecule has 184 valence electrons. The van der Waals surface area contributed by atoms with Gasteiger partial charge in [-0.1, -0.05) is 17.7 Å². The minimum atomic E-state index is -4.01. The van der Waals surface area contributed by atoms with E-state index in [1.165, 1.54) is 19.1 Å². The highest BCUT2D eigenvalue weighted by molar-refractivity contribution is 7.86. The monoisotopic (exact) mass is 488 g/mol. The molecule has 5 atom stereocenters. The molecule has 0 aliphatic carbocycles. The molecule has 1 aromatic rings. The van der Waals surface area contributed by atoms with Gasteiger partial charge in [0, 0.05) is 20.8 Å². The molecule has 1 saturated heterocycles. The van der Waals surface area contributed by atoms with Crippen LogP contribution in [0, 0.1) is 6.92 Å². The van der Waals surface area contributed by atoms with Crippen molar-refractivity contribution in [2.45, 2.75) is 70.2 Å². The molecule has 0 radical (unpaired) electrons. The van der Waals surface area contributed by atoms with Crippen molar-refractivity contribution in [1.29, 1.82) is 0 Å². The van der Waals surface area contributed by atoms with Crippen LogP contribution in [0.1, 0.15) is 33.3 Å². The third-order valence-corrected chi connectivity index (χ3v) is 5.87. The molecule has 1 heterocycles. The van der Waals surface area contributed by atoms with Gasteiger partial charge in [-0.05, 0) is 26.0 Å². The predicted octanol–water partition coefficient (Wildman–Crippen LogP) is 1.26. The molecule has 1 aliphatic rings. The lowest BCUT2D eigenvalue weighted by atomic mass is 9.99. The van der Waals surface area contributed by atoms with Crippen molar-refractivity contribution in [3.05, 3.63) is 29.8 Å². The summed E-state index contributed by atoms with van der Waals surface area (Å²) in [7, 11) is -4.01. The smallest absolute Gasteiger partial charge is 0.303 e. The molecule has 0 aromatic heterocycles. The summed E-state index contributed by atoms with van der Waals surface area (Å²) in [6.07, 6.45) is -5.59. The van der Waals surface area contributed by atoms with Crippen LogP contribution < -0.4 is 0 Å². The van der Waals surface area contributed by atoms with Crippen molar-refractivity contribution in [2.75, 3.05) is 13.2 Å². The van der Waals surface area contributed by atoms with E-state index in [0.717, 1.165) is 19.4 Å². The van der Waals surface area contributed by atoms with Crippen LogP contribution in [0.3, 0.4) is 0 Å². The number of hydrogen-bond acceptors (Lipinski definition) is 11. The first-order valence-corrected chi connectivity index (χ1v) is 11.6. The van der Waals surface area contributed by atoms with Crippen molar-refractivity contribution >= 4 is 28.0 Å². The van der Waals surface area contributed by atoms with E-state index in [9.17, 15) is 22.8 Å². The molecule has 0 spiro atoms. The van der Waals surface area contributed by atoms with Crippen molar-refractivity contribution in [3.8, 4) is 0 Å². The second kappa shape index (κ2) is 11.5. The molecule has 0 amide bonds. The molecule has 11 nitrogen and oxygen atoms in total. The summed E-state index contributed by atoms with van der Waals surface area (Å²) in [4.78, 5) is 34.8. The summed E-state index contributed by atoms with van der Waals surface area (Å²) < 4.78 is 56.5. The Labute approximate surface area is 192 Å². The van der Waals surface area contributed by atoms with E-state index in [1.54, 1.807) is 19.1 Å². The Morgan fingerprint density at radius 1 is 0.848 bits per heavy atom. The highest BCUT2D eigenvalue weighted by Gasteiger charge is 2.50. The maximum atomic E-state index is 12.3. The highest BCUT2D eigenvalue weighted by Crippen LogP contribution is 2.29. The molecular weight excluding hydrogens is 460 g/mol. The van der Waals surface area contributed by atoms with Gasteiger partial charge < -0.3 is 23.7 Å². The van der Waals surface area contributed by atoms with Crippen LogP contribution in [0.15, 0.2) is 29.2 Å². The van der Waals surface area contributed by atoms with Gasteiger partial charge in [-0.25, -0.2) is 0 Å². The number of esters is 3. The molecule has 2 rings (SSSR count). The zero-order valence-corrected chi connectivity index (χ0v) is 19.8. The Morgan fingerprint density at radius 2 is 1.36 bits per heavy atom. The normalized spacial score (nSPS) is 25.2. The summed E-state index contributed by atoms with van der Waals surface area (Å²) >= 11 is 0. The lowest BCUT2D eigenvalue weighted by Gasteiger charge is -2.43. The molecular formula is C21H28O11S. The molecule has 33 heavy (non-hydrogen) atoms. The number of rotatable bonds is 9. The molecule has 0 N–H and O–H groups in total. The molecule has 5 unspecified atom stereocenters. The third-order valence-electron chi connectivity index (χ3n) is 4.55. The van der Waals surface area contributed by atoms with Crippen LogP contribution >= 0.6 is 0 Å². The van der Waals surface area contributed by atoms with E-state index in [-0.39, 0.29) is 18.1 Å². The van der Waals surface area contributed by atoms with E-state index < -0.39 is 58.7 Å². The van der Waals surface area contributed by atoms with Crippen molar-refractivity contribution in [3.63, 3.8) is 0 Å². The third kappa shape index (κ3) is 7.77. The first-order chi connectivity index (χ1) is 15.4. The topological polar surface area (TPSA) is 141 Å². The largest absolute Gasteiger partial charge is 0.456 e. The van der Waals surface area contributed by atoms with E-state index in [0.29, 0.717) is 0 Å². The van der Waals surface area contributed by atoms with Crippen molar-refractivity contribution in [1.82, 2.24) is 0 Å². The molecule has 12 heteroatoms. The van der Waals surface area contributed by atoms with Crippen LogP contribution in [0.5, 0.6) is 0 Å². The molecule has 0 saturated carbocycles. The van der Waals surface area contributed by atoms with Gasteiger partial charge in [-0.3, -0.25) is 18.6 Å². The number of benzene rings is 1. The predicted molar refractivity (Wildman–Crippen MR) is 111 cm³/mol. The van der Waals surface area contributed by atoms with E-state index in [2.05, 4.69) is 0 Å². The van der Waals surface area contributed by atoms with Crippen molar-refractivity contribution in [2.24, 2.45) is 0 Å². The van der Waals surface area contributed by atoms with Gasteiger partial charge in [-0.15, -0.1) is 0 Å². The van der Waals surface area contributed by atoms with Gasteiger partial charge >= 0.3 is 17.9 Å². The molecule has 1 fully saturated rings. The zero-order chi connectivity index (χ0) is 24.8. The molecule has 0 bridgehead atoms. The summed E-state index contributed by atoms with van der Waals surface area (Å²) in [5.74, 6) is -2.07. The lowest BCUT2D eigenvalue weighted by molar-refractivity contribution is -0.301. The summed E-state index contributed by atoms with van der Waals surface area (Å²) in [6, 6.07) is 6.13. The van der Waals surface area contributed by atoms with E-state index >= 15 is 0 Å². The lowest BCUT2D eigenvalue weighted by Crippen LogP contribution is -2.61. The Kier molecular flexibility index (Phi) is 9.35. The fourth-order valence-corrected chi connectivity index (χ4v) is 4.08. The Bertz CT molecular complexity index is 941. The molecule has 1 aliphatic heterocycles. The maximum absolute atomic E-state index is 12.3. The number of carbonyl (C=O) groups is 3. The van der Waals surface area contributed by atoms with Crippen LogP contribution in [0.25, 0.3) is 0 Å². The zero-order valence-electron chi connectivity index (χ0n) is 19.0. The van der Waals surface area contributed by atoms with E-state index in [4.69, 9.17) is 27.9 Å². The second-order valence-electron chi connectivity index (χ2n) is 7.39. The van der Waals surface area contributed by atoms with Gasteiger partial charge in [0.15, 0.2) is 24.6 Å². The van der Waals surface area contributed by atoms with Crippen LogP contribution in [0.2, 0.25) is 0 Å². The average molecular weight is 489 g/mol. The van der Waals surface area contributed by atoms with Gasteiger partial charge in [0.2, 0.25) is 0 Å². The number of carbonyl (C=O) groups excluding carboxylic acids is 3. The van der Waals surface area contributed by atoms with E-state index in [1.807, 2.05) is 6.92 Å². The second-order valence-corrected chi connectivity index (χ2v) is 9.01. The van der Waals surface area contributed by atoms with Crippen LogP contribution in [-0.2, 0) is 52.4 Å². The number of aryl methyl sites for hydroxylation is 1. The minimum absolute atomic E-state index is 0.00688. The van der Waals surface area contributed by atoms with Gasteiger partial charge in [0.25, 0.3) is 10.1 Å². The van der Waals surface area contributed by atoms with Crippen molar-refractivity contribution < 1.29 is 50.7 Å². The van der Waals surface area contributed by atoms with Crippen LogP contribution in [0.4, 0.5) is 0 Å². The SMILES string of the molecule is CC(=O)OC1C(C)OC(OCCOS(=O)(=O)c2ccc(C)cc2)C(OC(C)=O)C1OC(C)=O. The fraction of sp³-hybridized carbons (Fsp3) is 0.571. The Morgan fingerprint density at radius 3 is 1.91 bits per heavy atom. The first-order valence-electron chi connectivity index (χ1n) is 10.2. The van der Waals surface area contributed by atoms with Gasteiger partial charge in [0.1, 0.15) is 0 Å². The fourth-order valence-electron chi connectivity index (χ4n) is 3.18. The minimum Gasteiger partial charge on any atom is -0.456 e. The summed E-state index contributed by atoms with van der Waals surface area (Å²) in [6.45, 7) is 6.22. The summed E-state index contributed by atoms with van der Waals surface area (Å²) in [5, 5.41) is 0.